The van der Waals surface area contributed by atoms with Crippen molar-refractivity contribution in [2.24, 2.45) is 5.10 Å². The predicted octanol–water partition coefficient (Wildman–Crippen LogP) is 1.28. The van der Waals surface area contributed by atoms with E-state index in [2.05, 4.69) is 22.4 Å². The molecule has 2 rings (SSSR count). The molecule has 0 heterocycles. The highest BCUT2D eigenvalue weighted by atomic mass is 16.8. The van der Waals surface area contributed by atoms with E-state index in [1.54, 1.807) is 13.0 Å². The van der Waals surface area contributed by atoms with Gasteiger partial charge >= 0.3 is 0 Å². The first-order valence-electron chi connectivity index (χ1n) is 8.03. The van der Waals surface area contributed by atoms with E-state index in [4.69, 9.17) is 5.21 Å². The summed E-state index contributed by atoms with van der Waals surface area (Å²) in [4.78, 5) is 0. The fourth-order valence-corrected chi connectivity index (χ4v) is 2.17. The van der Waals surface area contributed by atoms with Crippen molar-refractivity contribution in [1.29, 1.82) is 0 Å². The van der Waals surface area contributed by atoms with E-state index in [0.29, 0.717) is 5.71 Å². The third-order valence-electron chi connectivity index (χ3n) is 3.45. The molecule has 0 spiro atoms. The first kappa shape index (κ1) is 20.3. The van der Waals surface area contributed by atoms with Crippen LogP contribution in [0.2, 0.25) is 0 Å². The lowest BCUT2D eigenvalue weighted by Crippen LogP contribution is -3.00. The van der Waals surface area contributed by atoms with Crippen molar-refractivity contribution in [2.75, 3.05) is 5.43 Å². The molecule has 5 N–H and O–H groups in total. The average molecular weight is 368 g/mol. The smallest absolute Gasteiger partial charge is 0.195 e. The van der Waals surface area contributed by atoms with Crippen molar-refractivity contribution in [3.8, 4) is 11.8 Å². The van der Waals surface area contributed by atoms with Gasteiger partial charge in [0.2, 0.25) is 0 Å². The maximum absolute atomic E-state index is 11.3. The minimum absolute atomic E-state index is 0.106. The van der Waals surface area contributed by atoms with Crippen LogP contribution in [0, 0.1) is 22.3 Å². The van der Waals surface area contributed by atoms with Gasteiger partial charge in [-0.2, -0.15) is 15.6 Å². The fraction of sp³-hybridized carbons (Fsp3) is 0.105. The first-order valence-corrected chi connectivity index (χ1v) is 8.03. The number of allylic oxidation sites excluding steroid dienone is 2. The summed E-state index contributed by atoms with van der Waals surface area (Å²) in [6.45, 7) is 3.59. The van der Waals surface area contributed by atoms with Crippen molar-refractivity contribution >= 4 is 22.8 Å². The molecule has 0 aliphatic rings. The molecule has 0 aromatic heterocycles. The molecule has 0 fully saturated rings. The van der Waals surface area contributed by atoms with E-state index >= 15 is 0 Å². The molecule has 2 aromatic carbocycles. The lowest BCUT2D eigenvalue weighted by molar-refractivity contribution is -0.996. The number of nitrogens with one attached hydrogen (secondary N) is 3. The molecular formula is C19H20N4O4. The van der Waals surface area contributed by atoms with Gasteiger partial charge in [0.1, 0.15) is 5.69 Å². The second-order valence-corrected chi connectivity index (χ2v) is 5.68. The van der Waals surface area contributed by atoms with E-state index in [9.17, 15) is 15.6 Å². The highest BCUT2D eigenvalue weighted by Crippen LogP contribution is 2.20. The normalized spacial score (nSPS) is 14.1. The zero-order valence-electron chi connectivity index (χ0n) is 14.9. The Kier molecular flexibility index (Phi) is 7.22. The van der Waals surface area contributed by atoms with Gasteiger partial charge in [0.15, 0.2) is 11.4 Å². The zero-order valence-corrected chi connectivity index (χ0v) is 14.9. The van der Waals surface area contributed by atoms with E-state index in [1.807, 2.05) is 37.3 Å². The summed E-state index contributed by atoms with van der Waals surface area (Å²) < 4.78 is 0. The summed E-state index contributed by atoms with van der Waals surface area (Å²) in [7, 11) is 0. The van der Waals surface area contributed by atoms with Gasteiger partial charge in [0.05, 0.1) is 11.8 Å². The Hall–Kier alpha value is -3.03. The molecular weight excluding hydrogens is 348 g/mol. The number of nitrogens with zero attached hydrogens (tertiary/aromatic N) is 1. The van der Waals surface area contributed by atoms with E-state index in [-0.39, 0.29) is 17.1 Å². The molecule has 8 heteroatoms. The summed E-state index contributed by atoms with van der Waals surface area (Å²) in [5, 5.41) is 42.2. The van der Waals surface area contributed by atoms with Crippen LogP contribution < -0.4 is 15.9 Å². The van der Waals surface area contributed by atoms with Gasteiger partial charge in [-0.1, -0.05) is 30.0 Å². The van der Waals surface area contributed by atoms with Crippen LogP contribution in [0.4, 0.5) is 17.1 Å². The Morgan fingerprint density at radius 1 is 1.07 bits per heavy atom. The number of rotatable bonds is 5. The number of benzene rings is 2. The Balaban J connectivity index is 2.14. The highest BCUT2D eigenvalue weighted by molar-refractivity contribution is 5.94. The molecule has 0 aliphatic heterocycles. The summed E-state index contributed by atoms with van der Waals surface area (Å²) in [6.07, 6.45) is 1.76. The largest absolute Gasteiger partial charge is 0.595 e. The summed E-state index contributed by atoms with van der Waals surface area (Å²) >= 11 is 0. The van der Waals surface area contributed by atoms with E-state index in [0.717, 1.165) is 17.2 Å². The van der Waals surface area contributed by atoms with Crippen LogP contribution in [0.3, 0.4) is 0 Å². The Morgan fingerprint density at radius 3 is 2.41 bits per heavy atom. The second kappa shape index (κ2) is 9.61. The number of hydrogen-bond donors (Lipinski definition) is 5. The van der Waals surface area contributed by atoms with Crippen LogP contribution in [0.25, 0.3) is 0 Å². The van der Waals surface area contributed by atoms with Crippen LogP contribution in [0.5, 0.6) is 0 Å². The standard InChI is InChI=1S/C19H20N4O4/c1-14(8-9-16-6-4-3-5-7-16)12-15(2)20-21-18-11-10-17(22(24)25)13-19(18)23(26)27/h3-7,10-13,21-24,26H,1-2H3. The number of hydrazone groups is 1. The first-order chi connectivity index (χ1) is 12.9. The Morgan fingerprint density at radius 2 is 1.78 bits per heavy atom. The summed E-state index contributed by atoms with van der Waals surface area (Å²) in [6, 6.07) is 13.3. The average Bonchev–Trinajstić information content (AvgIpc) is 2.65. The topological polar surface area (TPSA) is 120 Å². The molecule has 0 bridgehead atoms. The van der Waals surface area contributed by atoms with Crippen molar-refractivity contribution < 1.29 is 20.9 Å². The van der Waals surface area contributed by atoms with Gasteiger partial charge in [-0.05, 0) is 38.1 Å². The van der Waals surface area contributed by atoms with Crippen LogP contribution >= 0.6 is 0 Å². The molecule has 8 nitrogen and oxygen atoms in total. The van der Waals surface area contributed by atoms with Crippen LogP contribution in [0.1, 0.15) is 19.4 Å². The Bertz CT molecular complexity index is 897. The van der Waals surface area contributed by atoms with E-state index < -0.39 is 10.5 Å². The molecule has 0 saturated heterocycles. The van der Waals surface area contributed by atoms with Gasteiger partial charge in [0, 0.05) is 17.2 Å². The quantitative estimate of drug-likeness (QED) is 0.309. The molecule has 0 aliphatic carbocycles. The molecule has 27 heavy (non-hydrogen) atoms. The molecule has 140 valence electrons. The van der Waals surface area contributed by atoms with Crippen molar-refractivity contribution in [3.63, 3.8) is 0 Å². The van der Waals surface area contributed by atoms with Crippen LogP contribution in [-0.2, 0) is 0 Å². The molecule has 0 saturated carbocycles. The summed E-state index contributed by atoms with van der Waals surface area (Å²) in [5.41, 5.74) is 4.88. The molecule has 0 radical (unpaired) electrons. The minimum Gasteiger partial charge on any atom is -0.595 e. The Labute approximate surface area is 156 Å². The van der Waals surface area contributed by atoms with Gasteiger partial charge in [-0.15, -0.1) is 0 Å². The molecule has 2 aromatic rings. The van der Waals surface area contributed by atoms with Crippen molar-refractivity contribution in [1.82, 2.24) is 0 Å². The molecule has 2 unspecified atom stereocenters. The number of hydrogen-bond acceptors (Lipinski definition) is 6. The molecule has 0 amide bonds. The maximum Gasteiger partial charge on any atom is 0.195 e. The predicted molar refractivity (Wildman–Crippen MR) is 102 cm³/mol. The number of quaternary nitrogens is 2. The third kappa shape index (κ3) is 6.32. The number of anilines is 1. The summed E-state index contributed by atoms with van der Waals surface area (Å²) in [5.74, 6) is 6.06. The van der Waals surface area contributed by atoms with Crippen molar-refractivity contribution in [3.05, 3.63) is 76.2 Å². The van der Waals surface area contributed by atoms with Crippen molar-refractivity contribution in [2.45, 2.75) is 13.8 Å². The lowest BCUT2D eigenvalue weighted by Gasteiger charge is -2.18. The van der Waals surface area contributed by atoms with Crippen LogP contribution in [-0.4, -0.2) is 16.1 Å². The van der Waals surface area contributed by atoms with Gasteiger partial charge in [-0.25, -0.2) is 10.4 Å². The van der Waals surface area contributed by atoms with E-state index in [1.165, 1.54) is 12.1 Å². The third-order valence-corrected chi connectivity index (χ3v) is 3.45. The zero-order chi connectivity index (χ0) is 19.8. The highest BCUT2D eigenvalue weighted by Gasteiger charge is 2.13. The monoisotopic (exact) mass is 368 g/mol. The minimum atomic E-state index is -1.24. The van der Waals surface area contributed by atoms with Gasteiger partial charge in [-0.3, -0.25) is 5.43 Å². The molecule has 2 atom stereocenters. The van der Waals surface area contributed by atoms with Crippen LogP contribution in [0.15, 0.2) is 65.3 Å². The SMILES string of the molecule is CC(C#Cc1ccccc1)=CC(C)=NNc1ccc([NH+]([O-])O)cc1[NH+]([O-])O. The lowest BCUT2D eigenvalue weighted by atomic mass is 10.2. The van der Waals surface area contributed by atoms with Gasteiger partial charge < -0.3 is 10.4 Å². The maximum atomic E-state index is 11.3. The van der Waals surface area contributed by atoms with Gasteiger partial charge in [0.25, 0.3) is 0 Å². The fourth-order valence-electron chi connectivity index (χ4n) is 2.17. The second-order valence-electron chi connectivity index (χ2n) is 5.68.